The first-order valence-electron chi connectivity index (χ1n) is 8.05. The first kappa shape index (κ1) is 16.7. The number of benzene rings is 2. The van der Waals surface area contributed by atoms with Gasteiger partial charge in [0.15, 0.2) is 0 Å². The zero-order valence-electron chi connectivity index (χ0n) is 13.6. The van der Waals surface area contributed by atoms with Gasteiger partial charge >= 0.3 is 0 Å². The number of rotatable bonds is 5. The lowest BCUT2D eigenvalue weighted by Gasteiger charge is -2.11. The van der Waals surface area contributed by atoms with E-state index in [1.165, 1.54) is 21.6 Å². The normalized spacial score (nSPS) is 13.3. The van der Waals surface area contributed by atoms with Crippen molar-refractivity contribution in [1.29, 1.82) is 10.5 Å². The van der Waals surface area contributed by atoms with Crippen molar-refractivity contribution in [2.45, 2.75) is 10.5 Å². The Kier molecular flexibility index (Phi) is 4.62. The lowest BCUT2D eigenvalue weighted by molar-refractivity contribution is 1.24. The highest BCUT2D eigenvalue weighted by molar-refractivity contribution is 8.76. The van der Waals surface area contributed by atoms with Crippen molar-refractivity contribution in [3.8, 4) is 12.1 Å². The molecule has 4 rings (SSSR count). The lowest BCUT2D eigenvalue weighted by Crippen LogP contribution is -1.91. The zero-order chi connectivity index (χ0) is 17.9. The number of hydrogen-bond acceptors (Lipinski definition) is 4. The Hall–Kier alpha value is -2.80. The number of nitriles is 2. The molecule has 0 saturated carbocycles. The maximum Gasteiger partial charge on any atom is 0.129 e. The Balaban J connectivity index is 1.58. The summed E-state index contributed by atoms with van der Waals surface area (Å²) in [4.78, 5) is 6.43. The van der Waals surface area contributed by atoms with Crippen LogP contribution in [0.5, 0.6) is 0 Å². The number of nitrogens with zero attached hydrogens (tertiary/aromatic N) is 2. The van der Waals surface area contributed by atoms with Crippen molar-refractivity contribution in [2.24, 2.45) is 0 Å². The Morgan fingerprint density at radius 1 is 0.692 bits per heavy atom. The van der Waals surface area contributed by atoms with Gasteiger partial charge in [0, 0.05) is 45.3 Å². The van der Waals surface area contributed by atoms with Gasteiger partial charge in [-0.3, -0.25) is 0 Å². The van der Waals surface area contributed by atoms with Crippen molar-refractivity contribution in [2.75, 3.05) is 0 Å². The molecule has 4 aromatic rings. The molecule has 26 heavy (non-hydrogen) atoms. The molecule has 0 spiro atoms. The summed E-state index contributed by atoms with van der Waals surface area (Å²) >= 11 is 0. The molecule has 0 aliphatic heterocycles. The maximum atomic E-state index is 9.66. The molecular formula is C20H14N4S2. The second-order valence-electron chi connectivity index (χ2n) is 5.79. The third kappa shape index (κ3) is 2.94. The van der Waals surface area contributed by atoms with Crippen LogP contribution in [0, 0.1) is 22.7 Å². The molecule has 2 unspecified atom stereocenters. The largest absolute Gasteiger partial charge is 0.361 e. The lowest BCUT2D eigenvalue weighted by atomic mass is 10.1. The molecule has 0 aliphatic carbocycles. The van der Waals surface area contributed by atoms with Crippen molar-refractivity contribution in [3.05, 3.63) is 72.1 Å². The Bertz CT molecular complexity index is 1050. The first-order valence-corrected chi connectivity index (χ1v) is 10.3. The van der Waals surface area contributed by atoms with Crippen molar-refractivity contribution >= 4 is 43.4 Å². The standard InChI is InChI=1S/C20H14N4S2/c21-9-19(15-11-23-17-7-3-1-5-13(15)17)25-26-20(10-22)16-12-24-18-8-4-2-6-14(16)18/h1-8,11-12,19-20,23-24H. The molecular weight excluding hydrogens is 360 g/mol. The van der Waals surface area contributed by atoms with Gasteiger partial charge in [-0.1, -0.05) is 58.0 Å². The molecule has 2 aromatic carbocycles. The van der Waals surface area contributed by atoms with E-state index in [9.17, 15) is 10.5 Å². The third-order valence-corrected chi connectivity index (χ3v) is 6.99. The zero-order valence-corrected chi connectivity index (χ0v) is 15.3. The van der Waals surface area contributed by atoms with Crippen LogP contribution in [0.2, 0.25) is 0 Å². The van der Waals surface area contributed by atoms with E-state index in [0.29, 0.717) is 0 Å². The van der Waals surface area contributed by atoms with Crippen LogP contribution in [0.1, 0.15) is 21.6 Å². The van der Waals surface area contributed by atoms with E-state index in [1.54, 1.807) is 0 Å². The molecule has 0 bridgehead atoms. The average Bonchev–Trinajstić information content (AvgIpc) is 3.30. The predicted octanol–water partition coefficient (Wildman–Crippen LogP) is 5.86. The van der Waals surface area contributed by atoms with Gasteiger partial charge in [0.25, 0.3) is 0 Å². The predicted molar refractivity (Wildman–Crippen MR) is 108 cm³/mol. The van der Waals surface area contributed by atoms with E-state index in [1.807, 2.05) is 60.9 Å². The number of aromatic amines is 2. The summed E-state index contributed by atoms with van der Waals surface area (Å²) < 4.78 is 0. The number of H-pyrrole nitrogens is 2. The van der Waals surface area contributed by atoms with Gasteiger partial charge < -0.3 is 9.97 Å². The highest BCUT2D eigenvalue weighted by atomic mass is 33.1. The van der Waals surface area contributed by atoms with Gasteiger partial charge in [-0.2, -0.15) is 10.5 Å². The van der Waals surface area contributed by atoms with Gasteiger partial charge in [-0.25, -0.2) is 0 Å². The van der Waals surface area contributed by atoms with E-state index in [4.69, 9.17) is 0 Å². The summed E-state index contributed by atoms with van der Waals surface area (Å²) in [5.41, 5.74) is 3.94. The quantitative estimate of drug-likeness (QED) is 0.429. The number of aromatic nitrogens is 2. The fourth-order valence-corrected chi connectivity index (χ4v) is 5.47. The molecule has 2 N–H and O–H groups in total. The summed E-state index contributed by atoms with van der Waals surface area (Å²) in [5.74, 6) is 0. The molecule has 126 valence electrons. The number of nitrogens with one attached hydrogen (secondary N) is 2. The highest BCUT2D eigenvalue weighted by Gasteiger charge is 2.21. The van der Waals surface area contributed by atoms with E-state index < -0.39 is 0 Å². The van der Waals surface area contributed by atoms with Gasteiger partial charge in [-0.15, -0.1) is 0 Å². The molecule has 0 fully saturated rings. The summed E-state index contributed by atoms with van der Waals surface area (Å²) in [6, 6.07) is 20.6. The Labute approximate surface area is 158 Å². The van der Waals surface area contributed by atoms with Crippen LogP contribution in [0.15, 0.2) is 60.9 Å². The van der Waals surface area contributed by atoms with Gasteiger partial charge in [0.2, 0.25) is 0 Å². The SMILES string of the molecule is N#CC(SSC(C#N)c1c[nH]c2ccccc12)c1c[nH]c2ccccc12. The molecule has 0 aliphatic rings. The summed E-state index contributed by atoms with van der Waals surface area (Å²) in [7, 11) is 2.87. The fourth-order valence-electron chi connectivity index (χ4n) is 3.02. The van der Waals surface area contributed by atoms with Crippen LogP contribution < -0.4 is 0 Å². The van der Waals surface area contributed by atoms with Crippen LogP contribution in [-0.4, -0.2) is 9.97 Å². The van der Waals surface area contributed by atoms with E-state index in [0.717, 1.165) is 32.9 Å². The van der Waals surface area contributed by atoms with Crippen LogP contribution in [0.4, 0.5) is 0 Å². The van der Waals surface area contributed by atoms with Crippen molar-refractivity contribution < 1.29 is 0 Å². The summed E-state index contributed by atoms with van der Waals surface area (Å²) in [5, 5.41) is 20.7. The average molecular weight is 374 g/mol. The van der Waals surface area contributed by atoms with Crippen LogP contribution in [-0.2, 0) is 0 Å². The third-order valence-electron chi connectivity index (χ3n) is 4.29. The second kappa shape index (κ2) is 7.21. The van der Waals surface area contributed by atoms with Crippen LogP contribution in [0.25, 0.3) is 21.8 Å². The highest BCUT2D eigenvalue weighted by Crippen LogP contribution is 2.47. The van der Waals surface area contributed by atoms with E-state index >= 15 is 0 Å². The van der Waals surface area contributed by atoms with Gasteiger partial charge in [-0.05, 0) is 12.1 Å². The molecule has 4 nitrogen and oxygen atoms in total. The second-order valence-corrected chi connectivity index (χ2v) is 8.27. The van der Waals surface area contributed by atoms with Crippen molar-refractivity contribution in [3.63, 3.8) is 0 Å². The Morgan fingerprint density at radius 3 is 1.54 bits per heavy atom. The minimum absolute atomic E-state index is 0.350. The monoisotopic (exact) mass is 374 g/mol. The van der Waals surface area contributed by atoms with Crippen LogP contribution in [0.3, 0.4) is 0 Å². The molecule has 0 amide bonds. The van der Waals surface area contributed by atoms with E-state index in [2.05, 4.69) is 22.1 Å². The molecule has 0 radical (unpaired) electrons. The molecule has 2 aromatic heterocycles. The maximum absolute atomic E-state index is 9.66. The smallest absolute Gasteiger partial charge is 0.129 e. The minimum atomic E-state index is -0.350. The topological polar surface area (TPSA) is 79.2 Å². The Morgan fingerprint density at radius 2 is 1.12 bits per heavy atom. The first-order chi connectivity index (χ1) is 12.8. The number of hydrogen-bond donors (Lipinski definition) is 2. The number of para-hydroxylation sites is 2. The number of fused-ring (bicyclic) bond motifs is 2. The molecule has 2 atom stereocenters. The molecule has 0 saturated heterocycles. The fraction of sp³-hybridized carbons (Fsp3) is 0.100. The van der Waals surface area contributed by atoms with Crippen molar-refractivity contribution in [1.82, 2.24) is 9.97 Å². The van der Waals surface area contributed by atoms with E-state index in [-0.39, 0.29) is 10.5 Å². The van der Waals surface area contributed by atoms with Gasteiger partial charge in [0.1, 0.15) is 10.5 Å². The molecule has 2 heterocycles. The summed E-state index contributed by atoms with van der Waals surface area (Å²) in [6.07, 6.45) is 3.78. The van der Waals surface area contributed by atoms with Gasteiger partial charge in [0.05, 0.1) is 12.1 Å². The van der Waals surface area contributed by atoms with Crippen LogP contribution >= 0.6 is 21.6 Å². The minimum Gasteiger partial charge on any atom is -0.361 e. The molecule has 6 heteroatoms. The summed E-state index contributed by atoms with van der Waals surface area (Å²) in [6.45, 7) is 0.